The second-order valence-corrected chi connectivity index (χ2v) is 19.4. The van der Waals surface area contributed by atoms with Gasteiger partial charge in [-0.1, -0.05) is 212 Å². The summed E-state index contributed by atoms with van der Waals surface area (Å²) in [7, 11) is 0. The molecule has 1 unspecified atom stereocenters. The SMILES string of the molecule is c1ccc(-c2ccc(N(c3ccc4c(c3)C3(c5ccccc5-c5ccccc53)c3ccccc3-4)c3cccc4c3-c3ccccc3C43c4ccccc4-c4c3ccc3c4oc4ccccc43)cc2)cc1. The largest absolute Gasteiger partial charge is 0.455 e. The molecule has 2 nitrogen and oxygen atoms in total. The van der Waals surface area contributed by atoms with Gasteiger partial charge in [0.1, 0.15) is 11.2 Å². The molecule has 0 radical (unpaired) electrons. The molecule has 1 heterocycles. The van der Waals surface area contributed by atoms with E-state index in [2.05, 4.69) is 254 Å². The molecule has 324 valence electrons. The highest BCUT2D eigenvalue weighted by Crippen LogP contribution is 2.67. The third-order valence-electron chi connectivity index (χ3n) is 16.3. The van der Waals surface area contributed by atoms with E-state index in [0.717, 1.165) is 39.0 Å². The van der Waals surface area contributed by atoms with Gasteiger partial charge in [0.25, 0.3) is 0 Å². The average molecular weight is 888 g/mol. The number of fused-ring (bicyclic) bond motifs is 24. The van der Waals surface area contributed by atoms with E-state index in [1.54, 1.807) is 0 Å². The lowest BCUT2D eigenvalue weighted by Gasteiger charge is -2.33. The van der Waals surface area contributed by atoms with E-state index in [9.17, 15) is 0 Å². The van der Waals surface area contributed by atoms with Crippen LogP contribution in [0.4, 0.5) is 17.1 Å². The van der Waals surface area contributed by atoms with Crippen molar-refractivity contribution in [2.24, 2.45) is 0 Å². The second kappa shape index (κ2) is 13.8. The molecule has 2 heteroatoms. The van der Waals surface area contributed by atoms with Gasteiger partial charge in [-0.3, -0.25) is 0 Å². The molecule has 0 saturated carbocycles. The summed E-state index contributed by atoms with van der Waals surface area (Å²) in [5, 5.41) is 2.29. The number of para-hydroxylation sites is 1. The molecule has 11 aromatic carbocycles. The number of hydrogen-bond donors (Lipinski definition) is 0. The molecule has 0 saturated heterocycles. The number of hydrogen-bond acceptors (Lipinski definition) is 2. The zero-order chi connectivity index (χ0) is 45.7. The minimum atomic E-state index is -0.579. The molecule has 2 spiro atoms. The normalized spacial score (nSPS) is 15.6. The van der Waals surface area contributed by atoms with Crippen LogP contribution in [0.5, 0.6) is 0 Å². The van der Waals surface area contributed by atoms with Gasteiger partial charge in [0.05, 0.1) is 16.5 Å². The highest BCUT2D eigenvalue weighted by atomic mass is 16.3. The van der Waals surface area contributed by atoms with Crippen LogP contribution in [-0.2, 0) is 10.8 Å². The van der Waals surface area contributed by atoms with Crippen LogP contribution in [0.2, 0.25) is 0 Å². The monoisotopic (exact) mass is 887 g/mol. The maximum absolute atomic E-state index is 6.89. The molecular weight excluding hydrogens is 847 g/mol. The van der Waals surface area contributed by atoms with Gasteiger partial charge in [-0.2, -0.15) is 0 Å². The molecule has 12 aromatic rings. The summed E-state index contributed by atoms with van der Waals surface area (Å²) < 4.78 is 6.89. The lowest BCUT2D eigenvalue weighted by atomic mass is 9.70. The highest BCUT2D eigenvalue weighted by molar-refractivity contribution is 6.13. The Morgan fingerprint density at radius 2 is 0.757 bits per heavy atom. The topological polar surface area (TPSA) is 16.4 Å². The number of furan rings is 1. The fraction of sp³-hybridized carbons (Fsp3) is 0.0294. The van der Waals surface area contributed by atoms with Crippen molar-refractivity contribution in [2.45, 2.75) is 10.8 Å². The maximum atomic E-state index is 6.89. The van der Waals surface area contributed by atoms with E-state index < -0.39 is 10.8 Å². The van der Waals surface area contributed by atoms with Gasteiger partial charge in [0.15, 0.2) is 0 Å². The van der Waals surface area contributed by atoms with Crippen molar-refractivity contribution in [3.8, 4) is 55.6 Å². The minimum Gasteiger partial charge on any atom is -0.455 e. The number of benzene rings is 11. The first kappa shape index (κ1) is 38.0. The Morgan fingerprint density at radius 1 is 0.286 bits per heavy atom. The molecule has 4 aliphatic rings. The van der Waals surface area contributed by atoms with Crippen LogP contribution in [0.15, 0.2) is 253 Å². The third kappa shape index (κ3) is 4.64. The van der Waals surface area contributed by atoms with Crippen molar-refractivity contribution < 1.29 is 4.42 Å². The summed E-state index contributed by atoms with van der Waals surface area (Å²) in [4.78, 5) is 2.54. The highest BCUT2D eigenvalue weighted by Gasteiger charge is 2.54. The van der Waals surface area contributed by atoms with Crippen molar-refractivity contribution in [2.75, 3.05) is 4.90 Å². The van der Waals surface area contributed by atoms with Gasteiger partial charge in [-0.05, 0) is 125 Å². The van der Waals surface area contributed by atoms with Crippen molar-refractivity contribution in [1.29, 1.82) is 0 Å². The molecule has 0 N–H and O–H groups in total. The summed E-state index contributed by atoms with van der Waals surface area (Å²) in [6, 6.07) is 92.9. The summed E-state index contributed by atoms with van der Waals surface area (Å²) in [6.45, 7) is 0. The quantitative estimate of drug-likeness (QED) is 0.175. The van der Waals surface area contributed by atoms with Crippen molar-refractivity contribution in [1.82, 2.24) is 0 Å². The van der Waals surface area contributed by atoms with Gasteiger partial charge < -0.3 is 9.32 Å². The summed E-state index contributed by atoms with van der Waals surface area (Å²) >= 11 is 0. The van der Waals surface area contributed by atoms with E-state index in [0.29, 0.717) is 0 Å². The lowest BCUT2D eigenvalue weighted by molar-refractivity contribution is 0.669. The van der Waals surface area contributed by atoms with E-state index >= 15 is 0 Å². The van der Waals surface area contributed by atoms with Gasteiger partial charge >= 0.3 is 0 Å². The lowest BCUT2D eigenvalue weighted by Crippen LogP contribution is -2.26. The summed E-state index contributed by atoms with van der Waals surface area (Å²) in [5.74, 6) is 0. The van der Waals surface area contributed by atoms with Crippen LogP contribution < -0.4 is 4.90 Å². The van der Waals surface area contributed by atoms with E-state index in [-0.39, 0.29) is 0 Å². The van der Waals surface area contributed by atoms with Gasteiger partial charge in [-0.15, -0.1) is 0 Å². The molecule has 1 atom stereocenters. The van der Waals surface area contributed by atoms with Gasteiger partial charge in [0.2, 0.25) is 0 Å². The van der Waals surface area contributed by atoms with Crippen LogP contribution in [0.25, 0.3) is 77.6 Å². The number of anilines is 3. The van der Waals surface area contributed by atoms with Crippen molar-refractivity contribution in [3.05, 3.63) is 293 Å². The van der Waals surface area contributed by atoms with Gasteiger partial charge in [0, 0.05) is 33.3 Å². The van der Waals surface area contributed by atoms with Crippen molar-refractivity contribution in [3.63, 3.8) is 0 Å². The van der Waals surface area contributed by atoms with Crippen LogP contribution in [0.3, 0.4) is 0 Å². The smallest absolute Gasteiger partial charge is 0.143 e. The fourth-order valence-electron chi connectivity index (χ4n) is 13.7. The fourth-order valence-corrected chi connectivity index (χ4v) is 13.7. The first-order valence-electron chi connectivity index (χ1n) is 24.4. The number of nitrogens with zero attached hydrogens (tertiary/aromatic N) is 1. The minimum absolute atomic E-state index is 0.480. The Hall–Kier alpha value is -8.98. The zero-order valence-electron chi connectivity index (χ0n) is 38.0. The second-order valence-electron chi connectivity index (χ2n) is 19.4. The molecule has 0 fully saturated rings. The van der Waals surface area contributed by atoms with E-state index in [1.165, 1.54) is 100 Å². The number of rotatable bonds is 4. The molecule has 0 amide bonds. The Balaban J connectivity index is 0.981. The van der Waals surface area contributed by atoms with E-state index in [4.69, 9.17) is 4.42 Å². The predicted octanol–water partition coefficient (Wildman–Crippen LogP) is 17.4. The molecule has 16 rings (SSSR count). The molecule has 0 aliphatic heterocycles. The first-order valence-corrected chi connectivity index (χ1v) is 24.4. The standard InChI is InChI=1S/C68H41NO/c1-2-17-42(18-3-1)43-33-35-44(36-34-43)69(45-37-38-49-48-21-6-12-27-56(48)67(61(49)41-45)54-25-10-4-19-46(54)47-20-5-11-26-55(47)67)62-31-16-30-59-64(62)52-23-7-13-28-57(52)68(59)58-29-14-8-24-53(58)65-60(68)40-39-51-50-22-9-15-32-63(50)70-66(51)65/h1-41H. The molecule has 1 aromatic heterocycles. The summed E-state index contributed by atoms with van der Waals surface area (Å²) in [6.07, 6.45) is 0. The molecule has 0 bridgehead atoms. The maximum Gasteiger partial charge on any atom is 0.143 e. The molecule has 70 heavy (non-hydrogen) atoms. The Morgan fingerprint density at radius 3 is 1.41 bits per heavy atom. The first-order chi connectivity index (χ1) is 34.7. The van der Waals surface area contributed by atoms with Crippen molar-refractivity contribution >= 4 is 39.0 Å². The molecular formula is C68H41NO. The Kier molecular flexibility index (Phi) is 7.51. The summed E-state index contributed by atoms with van der Waals surface area (Å²) in [5.41, 5.74) is 27.1. The predicted molar refractivity (Wildman–Crippen MR) is 286 cm³/mol. The Labute approximate surface area is 406 Å². The van der Waals surface area contributed by atoms with E-state index in [1.807, 2.05) is 0 Å². The molecule has 4 aliphatic carbocycles. The van der Waals surface area contributed by atoms with Crippen LogP contribution in [0.1, 0.15) is 44.5 Å². The average Bonchev–Trinajstić information content (AvgIpc) is 4.20. The Bertz CT molecular complexity index is 4130. The van der Waals surface area contributed by atoms with Gasteiger partial charge in [-0.25, -0.2) is 0 Å². The van der Waals surface area contributed by atoms with Crippen LogP contribution >= 0.6 is 0 Å². The van der Waals surface area contributed by atoms with Crippen LogP contribution in [-0.4, -0.2) is 0 Å². The third-order valence-corrected chi connectivity index (χ3v) is 16.3. The zero-order valence-corrected chi connectivity index (χ0v) is 38.0. The van der Waals surface area contributed by atoms with Crippen LogP contribution in [0, 0.1) is 0 Å².